The molecule has 0 unspecified atom stereocenters. The molecule has 8 heavy (non-hydrogen) atoms. The van der Waals surface area contributed by atoms with E-state index in [1.54, 1.807) is 0 Å². The van der Waals surface area contributed by atoms with Crippen molar-refractivity contribution in [2.75, 3.05) is 0 Å². The second-order valence-electron chi connectivity index (χ2n) is 1.68. The van der Waals surface area contributed by atoms with Crippen molar-refractivity contribution < 1.29 is 19.4 Å². The normalized spacial score (nSPS) is 9.12. The Balaban J connectivity index is 3.35. The van der Waals surface area contributed by atoms with Crippen molar-refractivity contribution in [3.8, 4) is 0 Å². The number of aromatic amines is 1. The zero-order valence-corrected chi connectivity index (χ0v) is 7.57. The molecular formula is C6H7NW. The summed E-state index contributed by atoms with van der Waals surface area (Å²) in [6.07, 6.45) is 1.95. The maximum absolute atomic E-state index is 3.14. The summed E-state index contributed by atoms with van der Waals surface area (Å²) in [5.74, 6) is 0. The number of hydrogen-bond donors (Lipinski definition) is 1. The Morgan fingerprint density at radius 2 is 2.38 bits per heavy atom. The quantitative estimate of drug-likeness (QED) is 0.738. The zero-order valence-electron chi connectivity index (χ0n) is 4.64. The molecule has 0 saturated carbocycles. The first-order valence-corrected chi connectivity index (χ1v) is 3.91. The number of aromatic nitrogens is 1. The van der Waals surface area contributed by atoms with E-state index in [4.69, 9.17) is 0 Å². The average molecular weight is 277 g/mol. The van der Waals surface area contributed by atoms with Gasteiger partial charge in [0.25, 0.3) is 0 Å². The minimum absolute atomic E-state index is 1.33. The molecule has 0 amide bonds. The van der Waals surface area contributed by atoms with Gasteiger partial charge >= 0.3 is 58.8 Å². The Hall–Kier alpha value is -0.162. The van der Waals surface area contributed by atoms with Gasteiger partial charge in [-0.15, -0.1) is 0 Å². The van der Waals surface area contributed by atoms with Crippen LogP contribution in [0.3, 0.4) is 0 Å². The predicted octanol–water partition coefficient (Wildman–Crippen LogP) is 1.40. The van der Waals surface area contributed by atoms with Crippen molar-refractivity contribution >= 4 is 0 Å². The molecule has 0 aliphatic rings. The van der Waals surface area contributed by atoms with E-state index in [1.165, 1.54) is 28.6 Å². The second kappa shape index (κ2) is 2.41. The fraction of sp³-hybridized carbons (Fsp3) is 0.167. The standard InChI is InChI=1S/C6H7N.W/c1-6-3-2-4-7-5-6;/h2-4,7H,1H3;. The summed E-state index contributed by atoms with van der Waals surface area (Å²) in [5, 5.41) is 0. The summed E-state index contributed by atoms with van der Waals surface area (Å²) in [5.41, 5.74) is 1.35. The Morgan fingerprint density at radius 3 is 2.75 bits per heavy atom. The van der Waals surface area contributed by atoms with Crippen molar-refractivity contribution in [3.63, 3.8) is 0 Å². The van der Waals surface area contributed by atoms with Crippen LogP contribution in [-0.2, 0) is 19.4 Å². The van der Waals surface area contributed by atoms with Crippen LogP contribution in [0.15, 0.2) is 18.3 Å². The first kappa shape index (κ1) is 5.97. The van der Waals surface area contributed by atoms with Gasteiger partial charge in [0.1, 0.15) is 0 Å². The molecule has 1 heterocycles. The number of rotatable bonds is 0. The fourth-order valence-electron chi connectivity index (χ4n) is 0.506. The minimum atomic E-state index is 1.33. The van der Waals surface area contributed by atoms with Crippen molar-refractivity contribution in [2.24, 2.45) is 0 Å². The molecular weight excluding hydrogens is 270 g/mol. The van der Waals surface area contributed by atoms with E-state index in [-0.39, 0.29) is 0 Å². The molecule has 1 rings (SSSR count). The van der Waals surface area contributed by atoms with Crippen LogP contribution in [0, 0.1) is 10.6 Å². The third-order valence-corrected chi connectivity index (χ3v) is 2.60. The van der Waals surface area contributed by atoms with Crippen LogP contribution in [0.1, 0.15) is 5.56 Å². The SMILES string of the molecule is Cc1ccc[nH][c]1=[W]. The number of aryl methyl sites for hydroxylation is 1. The van der Waals surface area contributed by atoms with Crippen LogP contribution in [0.5, 0.6) is 0 Å². The molecule has 1 N–H and O–H groups in total. The van der Waals surface area contributed by atoms with E-state index in [9.17, 15) is 0 Å². The van der Waals surface area contributed by atoms with Gasteiger partial charge in [-0.05, 0) is 0 Å². The second-order valence-corrected chi connectivity index (χ2v) is 3.15. The third-order valence-electron chi connectivity index (χ3n) is 1.02. The number of hydrogen-bond acceptors (Lipinski definition) is 0. The fourth-order valence-corrected chi connectivity index (χ4v) is 0.995. The van der Waals surface area contributed by atoms with Gasteiger partial charge in [-0.3, -0.25) is 0 Å². The number of nitrogens with one attached hydrogen (secondary N) is 1. The van der Waals surface area contributed by atoms with E-state index in [0.717, 1.165) is 0 Å². The molecule has 1 aromatic heterocycles. The molecule has 2 heteroatoms. The van der Waals surface area contributed by atoms with E-state index < -0.39 is 0 Å². The molecule has 0 aromatic carbocycles. The van der Waals surface area contributed by atoms with Crippen LogP contribution < -0.4 is 0 Å². The molecule has 0 bridgehead atoms. The molecule has 1 aromatic rings. The Bertz CT molecular complexity index is 226. The first-order valence-electron chi connectivity index (χ1n) is 2.45. The van der Waals surface area contributed by atoms with Crippen LogP contribution in [-0.4, -0.2) is 4.98 Å². The summed E-state index contributed by atoms with van der Waals surface area (Å²) < 4.78 is 1.33. The monoisotopic (exact) mass is 277 g/mol. The van der Waals surface area contributed by atoms with E-state index in [1.807, 2.05) is 12.3 Å². The van der Waals surface area contributed by atoms with Crippen LogP contribution in [0.2, 0.25) is 0 Å². The Labute approximate surface area is 59.2 Å². The molecule has 0 saturated heterocycles. The number of H-pyrrole nitrogens is 1. The molecule has 42 valence electrons. The van der Waals surface area contributed by atoms with Gasteiger partial charge in [-0.25, -0.2) is 0 Å². The zero-order chi connectivity index (χ0) is 5.98. The molecule has 1 nitrogen and oxygen atoms in total. The molecule has 0 radical (unpaired) electrons. The maximum atomic E-state index is 3.14. The molecule has 0 aliphatic carbocycles. The van der Waals surface area contributed by atoms with E-state index in [0.29, 0.717) is 0 Å². The van der Waals surface area contributed by atoms with E-state index in [2.05, 4.69) is 18.0 Å². The molecule has 0 fully saturated rings. The van der Waals surface area contributed by atoms with Gasteiger partial charge in [0.15, 0.2) is 0 Å². The third kappa shape index (κ3) is 1.16. The van der Waals surface area contributed by atoms with Crippen molar-refractivity contribution in [3.05, 3.63) is 27.6 Å². The van der Waals surface area contributed by atoms with Gasteiger partial charge in [0.05, 0.1) is 0 Å². The number of pyridine rings is 1. The first-order chi connectivity index (χ1) is 3.80. The van der Waals surface area contributed by atoms with Gasteiger partial charge in [0, 0.05) is 0 Å². The van der Waals surface area contributed by atoms with Gasteiger partial charge in [-0.2, -0.15) is 0 Å². The van der Waals surface area contributed by atoms with Gasteiger partial charge in [0.2, 0.25) is 0 Å². The van der Waals surface area contributed by atoms with Crippen LogP contribution in [0.4, 0.5) is 0 Å². The predicted molar refractivity (Wildman–Crippen MR) is 28.8 cm³/mol. The Kier molecular flexibility index (Phi) is 1.80. The molecule has 0 aliphatic heterocycles. The summed E-state index contributed by atoms with van der Waals surface area (Å²) in [7, 11) is 0. The van der Waals surface area contributed by atoms with E-state index >= 15 is 0 Å². The van der Waals surface area contributed by atoms with Gasteiger partial charge in [-0.1, -0.05) is 0 Å². The average Bonchev–Trinajstić information content (AvgIpc) is 1.77. The van der Waals surface area contributed by atoms with Crippen molar-refractivity contribution in [2.45, 2.75) is 6.92 Å². The molecule has 0 atom stereocenters. The molecule has 0 spiro atoms. The summed E-state index contributed by atoms with van der Waals surface area (Å²) in [6, 6.07) is 4.13. The summed E-state index contributed by atoms with van der Waals surface area (Å²) >= 11 is 1.50. The van der Waals surface area contributed by atoms with Crippen molar-refractivity contribution in [1.82, 2.24) is 4.98 Å². The van der Waals surface area contributed by atoms with Crippen molar-refractivity contribution in [1.29, 1.82) is 0 Å². The van der Waals surface area contributed by atoms with Crippen LogP contribution in [0.25, 0.3) is 0 Å². The van der Waals surface area contributed by atoms with Gasteiger partial charge < -0.3 is 0 Å². The topological polar surface area (TPSA) is 15.8 Å². The Morgan fingerprint density at radius 1 is 1.62 bits per heavy atom. The summed E-state index contributed by atoms with van der Waals surface area (Å²) in [4.78, 5) is 3.14. The van der Waals surface area contributed by atoms with Crippen LogP contribution >= 0.6 is 0 Å². The summed E-state index contributed by atoms with van der Waals surface area (Å²) in [6.45, 7) is 2.11.